The summed E-state index contributed by atoms with van der Waals surface area (Å²) in [5, 5.41) is 14.4. The highest BCUT2D eigenvalue weighted by atomic mass is 32.2. The standard InChI is InChI=1S/C15H15FN2O3S/c1-9-7-11(19)4-5-13(9)18-15(20)17-10-3-6-14(22(2)21)12(16)8-10/h3-8,19H,1-2H3,(H2,17,18,20)/t22-/m0/s1. The number of nitrogens with one attached hydrogen (secondary N) is 2. The van der Waals surface area contributed by atoms with Crippen LogP contribution in [0.25, 0.3) is 0 Å². The summed E-state index contributed by atoms with van der Waals surface area (Å²) in [7, 11) is -1.43. The Morgan fingerprint density at radius 3 is 2.50 bits per heavy atom. The van der Waals surface area contributed by atoms with Gasteiger partial charge in [0.25, 0.3) is 0 Å². The lowest BCUT2D eigenvalue weighted by molar-refractivity contribution is 0.262. The Hall–Kier alpha value is -2.41. The molecule has 5 nitrogen and oxygen atoms in total. The van der Waals surface area contributed by atoms with Crippen LogP contribution in [0, 0.1) is 12.7 Å². The number of benzene rings is 2. The first kappa shape index (κ1) is 16.0. The normalized spacial score (nSPS) is 11.8. The molecule has 0 aliphatic heterocycles. The van der Waals surface area contributed by atoms with Crippen molar-refractivity contribution in [3.8, 4) is 5.75 Å². The lowest BCUT2D eigenvalue weighted by Gasteiger charge is -2.10. The number of urea groups is 1. The number of carbonyl (C=O) groups excluding carboxylic acids is 1. The van der Waals surface area contributed by atoms with Crippen molar-refractivity contribution in [2.45, 2.75) is 11.8 Å². The SMILES string of the molecule is Cc1cc(O)ccc1NC(=O)Nc1ccc([S@](C)=O)c(F)c1. The third-order valence-electron chi connectivity index (χ3n) is 2.96. The molecule has 0 radical (unpaired) electrons. The Bertz CT molecular complexity index is 750. The minimum atomic E-state index is -1.43. The molecule has 0 saturated carbocycles. The van der Waals surface area contributed by atoms with Crippen LogP contribution in [-0.2, 0) is 10.8 Å². The first-order valence-electron chi connectivity index (χ1n) is 6.37. The van der Waals surface area contributed by atoms with E-state index < -0.39 is 22.6 Å². The van der Waals surface area contributed by atoms with Gasteiger partial charge in [-0.15, -0.1) is 0 Å². The van der Waals surface area contributed by atoms with Crippen molar-refractivity contribution in [2.75, 3.05) is 16.9 Å². The second-order valence-electron chi connectivity index (χ2n) is 4.68. The van der Waals surface area contributed by atoms with E-state index in [2.05, 4.69) is 10.6 Å². The number of halogens is 1. The molecule has 2 rings (SSSR count). The van der Waals surface area contributed by atoms with Crippen LogP contribution in [-0.4, -0.2) is 21.6 Å². The van der Waals surface area contributed by atoms with Crippen LogP contribution in [0.3, 0.4) is 0 Å². The van der Waals surface area contributed by atoms with Crippen molar-refractivity contribution >= 4 is 28.2 Å². The number of phenolic OH excluding ortho intramolecular Hbond substituents is 1. The molecule has 0 aliphatic rings. The fraction of sp³-hybridized carbons (Fsp3) is 0.133. The van der Waals surface area contributed by atoms with Crippen molar-refractivity contribution in [3.05, 3.63) is 47.8 Å². The van der Waals surface area contributed by atoms with Crippen molar-refractivity contribution in [2.24, 2.45) is 0 Å². The number of carbonyl (C=O) groups is 1. The Morgan fingerprint density at radius 2 is 1.91 bits per heavy atom. The lowest BCUT2D eigenvalue weighted by atomic mass is 10.2. The number of anilines is 2. The van der Waals surface area contributed by atoms with Gasteiger partial charge in [-0.05, 0) is 48.9 Å². The largest absolute Gasteiger partial charge is 0.508 e. The van der Waals surface area contributed by atoms with Gasteiger partial charge < -0.3 is 15.7 Å². The average Bonchev–Trinajstić information content (AvgIpc) is 2.41. The van der Waals surface area contributed by atoms with E-state index in [-0.39, 0.29) is 16.3 Å². The number of aromatic hydroxyl groups is 1. The molecule has 2 aromatic rings. The maximum absolute atomic E-state index is 13.7. The second-order valence-corrected chi connectivity index (χ2v) is 6.03. The fourth-order valence-electron chi connectivity index (χ4n) is 1.88. The lowest BCUT2D eigenvalue weighted by Crippen LogP contribution is -2.20. The van der Waals surface area contributed by atoms with E-state index in [9.17, 15) is 18.5 Å². The van der Waals surface area contributed by atoms with Crippen LogP contribution < -0.4 is 10.6 Å². The van der Waals surface area contributed by atoms with E-state index in [1.165, 1.54) is 30.5 Å². The minimum absolute atomic E-state index is 0.0836. The average molecular weight is 322 g/mol. The van der Waals surface area contributed by atoms with Crippen molar-refractivity contribution in [1.82, 2.24) is 0 Å². The number of amides is 2. The number of aryl methyl sites for hydroxylation is 1. The number of rotatable bonds is 3. The van der Waals surface area contributed by atoms with Crippen molar-refractivity contribution in [1.29, 1.82) is 0 Å². The first-order valence-corrected chi connectivity index (χ1v) is 7.93. The zero-order valence-corrected chi connectivity index (χ0v) is 12.8. The molecule has 0 aromatic heterocycles. The topological polar surface area (TPSA) is 78.4 Å². The second kappa shape index (κ2) is 6.57. The van der Waals surface area contributed by atoms with Gasteiger partial charge in [0.05, 0.1) is 15.7 Å². The van der Waals surface area contributed by atoms with Crippen LogP contribution in [0.15, 0.2) is 41.3 Å². The zero-order chi connectivity index (χ0) is 16.3. The van der Waals surface area contributed by atoms with Gasteiger partial charge in [0, 0.05) is 17.6 Å². The maximum Gasteiger partial charge on any atom is 0.323 e. The molecule has 0 bridgehead atoms. The molecule has 2 aromatic carbocycles. The van der Waals surface area contributed by atoms with Gasteiger partial charge in [0.15, 0.2) is 0 Å². The molecule has 3 N–H and O–H groups in total. The molecular weight excluding hydrogens is 307 g/mol. The molecule has 0 spiro atoms. The summed E-state index contributed by atoms with van der Waals surface area (Å²) in [4.78, 5) is 12.0. The van der Waals surface area contributed by atoms with Crippen molar-refractivity contribution in [3.63, 3.8) is 0 Å². The van der Waals surface area contributed by atoms with Gasteiger partial charge in [-0.2, -0.15) is 0 Å². The molecule has 0 aliphatic carbocycles. The summed E-state index contributed by atoms with van der Waals surface area (Å²) in [6.07, 6.45) is 1.38. The van der Waals surface area contributed by atoms with Gasteiger partial charge in [-0.1, -0.05) is 0 Å². The van der Waals surface area contributed by atoms with E-state index in [4.69, 9.17) is 0 Å². The number of phenols is 1. The number of hydrogen-bond acceptors (Lipinski definition) is 3. The van der Waals surface area contributed by atoms with Crippen LogP contribution in [0.2, 0.25) is 0 Å². The fourth-order valence-corrected chi connectivity index (χ4v) is 2.48. The monoisotopic (exact) mass is 322 g/mol. The highest BCUT2D eigenvalue weighted by Crippen LogP contribution is 2.21. The Morgan fingerprint density at radius 1 is 1.18 bits per heavy atom. The van der Waals surface area contributed by atoms with Crippen LogP contribution in [0.4, 0.5) is 20.6 Å². The zero-order valence-electron chi connectivity index (χ0n) is 12.0. The van der Waals surface area contributed by atoms with E-state index in [0.29, 0.717) is 11.3 Å². The van der Waals surface area contributed by atoms with Gasteiger partial charge in [-0.25, -0.2) is 9.18 Å². The maximum atomic E-state index is 13.7. The smallest absolute Gasteiger partial charge is 0.323 e. The highest BCUT2D eigenvalue weighted by Gasteiger charge is 2.09. The van der Waals surface area contributed by atoms with Crippen LogP contribution >= 0.6 is 0 Å². The molecule has 2 amide bonds. The third-order valence-corrected chi connectivity index (χ3v) is 3.91. The molecule has 116 valence electrons. The quantitative estimate of drug-likeness (QED) is 0.759. The van der Waals surface area contributed by atoms with Gasteiger partial charge in [-0.3, -0.25) is 4.21 Å². The number of hydrogen-bond donors (Lipinski definition) is 3. The van der Waals surface area contributed by atoms with E-state index in [1.807, 2.05) is 0 Å². The molecular formula is C15H15FN2O3S. The minimum Gasteiger partial charge on any atom is -0.508 e. The van der Waals surface area contributed by atoms with E-state index >= 15 is 0 Å². The highest BCUT2D eigenvalue weighted by molar-refractivity contribution is 7.84. The van der Waals surface area contributed by atoms with Crippen molar-refractivity contribution < 1.29 is 18.5 Å². The molecule has 1 atom stereocenters. The van der Waals surface area contributed by atoms with Gasteiger partial charge >= 0.3 is 6.03 Å². The predicted octanol–water partition coefficient (Wildman–Crippen LogP) is 3.22. The summed E-state index contributed by atoms with van der Waals surface area (Å²) < 4.78 is 25.0. The first-order chi connectivity index (χ1) is 10.4. The molecule has 7 heteroatoms. The van der Waals surface area contributed by atoms with E-state index in [0.717, 1.165) is 6.07 Å². The Kier molecular flexibility index (Phi) is 4.77. The van der Waals surface area contributed by atoms with Gasteiger partial charge in [0.1, 0.15) is 11.6 Å². The molecule has 0 saturated heterocycles. The third kappa shape index (κ3) is 3.82. The predicted molar refractivity (Wildman–Crippen MR) is 84.2 cm³/mol. The van der Waals surface area contributed by atoms with Crippen LogP contribution in [0.5, 0.6) is 5.75 Å². The molecule has 22 heavy (non-hydrogen) atoms. The Labute approximate surface area is 129 Å². The summed E-state index contributed by atoms with van der Waals surface area (Å²) in [6.45, 7) is 1.74. The summed E-state index contributed by atoms with van der Waals surface area (Å²) in [6, 6.07) is 7.94. The summed E-state index contributed by atoms with van der Waals surface area (Å²) in [5.41, 5.74) is 1.47. The molecule has 0 unspecified atom stereocenters. The van der Waals surface area contributed by atoms with Gasteiger partial charge in [0.2, 0.25) is 0 Å². The summed E-state index contributed by atoms with van der Waals surface area (Å²) >= 11 is 0. The summed E-state index contributed by atoms with van der Waals surface area (Å²) in [5.74, 6) is -0.534. The van der Waals surface area contributed by atoms with E-state index in [1.54, 1.807) is 13.0 Å². The molecule has 0 fully saturated rings. The van der Waals surface area contributed by atoms with Crippen LogP contribution in [0.1, 0.15) is 5.56 Å². The Balaban J connectivity index is 2.09. The molecule has 0 heterocycles.